The number of benzene rings is 1. The van der Waals surface area contributed by atoms with Gasteiger partial charge in [0.25, 0.3) is 5.91 Å². The van der Waals surface area contributed by atoms with E-state index in [1.54, 1.807) is 5.38 Å². The molecule has 1 atom stereocenters. The van der Waals surface area contributed by atoms with Gasteiger partial charge in [0.2, 0.25) is 0 Å². The zero-order chi connectivity index (χ0) is 15.2. The molecule has 1 aromatic carbocycles. The number of rotatable bonds is 6. The van der Waals surface area contributed by atoms with Crippen LogP contribution in [0.1, 0.15) is 29.4 Å². The SMILES string of the molecule is Cc1ccc(-c2nc(C(=O)NCC(C)CCO)cs2)cc1. The van der Waals surface area contributed by atoms with E-state index in [0.29, 0.717) is 18.7 Å². The Labute approximate surface area is 128 Å². The van der Waals surface area contributed by atoms with E-state index in [-0.39, 0.29) is 18.4 Å². The number of nitrogens with one attached hydrogen (secondary N) is 1. The van der Waals surface area contributed by atoms with Crippen LogP contribution in [-0.4, -0.2) is 29.1 Å². The monoisotopic (exact) mass is 304 g/mol. The van der Waals surface area contributed by atoms with Crippen LogP contribution >= 0.6 is 11.3 Å². The highest BCUT2D eigenvalue weighted by molar-refractivity contribution is 7.13. The Kier molecular flexibility index (Phi) is 5.47. The van der Waals surface area contributed by atoms with Crippen molar-refractivity contribution in [2.75, 3.05) is 13.2 Å². The van der Waals surface area contributed by atoms with Gasteiger partial charge in [-0.1, -0.05) is 36.8 Å². The van der Waals surface area contributed by atoms with Crippen LogP contribution in [0.25, 0.3) is 10.6 Å². The maximum absolute atomic E-state index is 12.0. The number of carbonyl (C=O) groups is 1. The number of aliphatic hydroxyl groups is 1. The average molecular weight is 304 g/mol. The minimum Gasteiger partial charge on any atom is -0.396 e. The standard InChI is InChI=1S/C16H20N2O2S/c1-11-3-5-13(6-4-11)16-18-14(10-21-16)15(20)17-9-12(2)7-8-19/h3-6,10,12,19H,7-9H2,1-2H3,(H,17,20). The number of nitrogens with zero attached hydrogens (tertiary/aromatic N) is 1. The summed E-state index contributed by atoms with van der Waals surface area (Å²) in [5.74, 6) is 0.101. The predicted molar refractivity (Wildman–Crippen MR) is 85.5 cm³/mol. The largest absolute Gasteiger partial charge is 0.396 e. The Balaban J connectivity index is 1.99. The number of carbonyl (C=O) groups excluding carboxylic acids is 1. The van der Waals surface area contributed by atoms with E-state index in [1.807, 2.05) is 38.1 Å². The highest BCUT2D eigenvalue weighted by Crippen LogP contribution is 2.23. The van der Waals surface area contributed by atoms with E-state index < -0.39 is 0 Å². The molecule has 0 radical (unpaired) electrons. The second kappa shape index (κ2) is 7.33. The van der Waals surface area contributed by atoms with E-state index >= 15 is 0 Å². The minimum atomic E-state index is -0.158. The third-order valence-corrected chi connectivity index (χ3v) is 4.16. The second-order valence-electron chi connectivity index (χ2n) is 5.23. The van der Waals surface area contributed by atoms with Crippen LogP contribution in [0, 0.1) is 12.8 Å². The van der Waals surface area contributed by atoms with Gasteiger partial charge in [0.05, 0.1) is 0 Å². The molecule has 2 aromatic rings. The number of aryl methyl sites for hydroxylation is 1. The van der Waals surface area contributed by atoms with Gasteiger partial charge in [-0.15, -0.1) is 11.3 Å². The number of thiazole rings is 1. The van der Waals surface area contributed by atoms with E-state index in [2.05, 4.69) is 10.3 Å². The Morgan fingerprint density at radius 1 is 1.38 bits per heavy atom. The van der Waals surface area contributed by atoms with Gasteiger partial charge >= 0.3 is 0 Å². The highest BCUT2D eigenvalue weighted by Gasteiger charge is 2.12. The molecule has 1 unspecified atom stereocenters. The summed E-state index contributed by atoms with van der Waals surface area (Å²) < 4.78 is 0. The van der Waals surface area contributed by atoms with Gasteiger partial charge in [-0.3, -0.25) is 4.79 Å². The van der Waals surface area contributed by atoms with Crippen LogP contribution < -0.4 is 5.32 Å². The van der Waals surface area contributed by atoms with E-state index in [1.165, 1.54) is 16.9 Å². The number of amides is 1. The second-order valence-corrected chi connectivity index (χ2v) is 6.09. The molecule has 1 heterocycles. The number of hydrogen-bond donors (Lipinski definition) is 2. The molecule has 2 rings (SSSR count). The van der Waals surface area contributed by atoms with Crippen molar-refractivity contribution < 1.29 is 9.90 Å². The lowest BCUT2D eigenvalue weighted by Crippen LogP contribution is -2.28. The Morgan fingerprint density at radius 3 is 2.76 bits per heavy atom. The maximum atomic E-state index is 12.0. The molecular formula is C16H20N2O2S. The minimum absolute atomic E-state index is 0.144. The molecule has 4 nitrogen and oxygen atoms in total. The Morgan fingerprint density at radius 2 is 2.10 bits per heavy atom. The van der Waals surface area contributed by atoms with Crippen LogP contribution in [-0.2, 0) is 0 Å². The van der Waals surface area contributed by atoms with Crippen molar-refractivity contribution in [3.8, 4) is 10.6 Å². The first-order valence-electron chi connectivity index (χ1n) is 7.01. The first kappa shape index (κ1) is 15.7. The number of aromatic nitrogens is 1. The third-order valence-electron chi connectivity index (χ3n) is 3.27. The van der Waals surface area contributed by atoms with Gasteiger partial charge in [0, 0.05) is 24.1 Å². The smallest absolute Gasteiger partial charge is 0.270 e. The number of hydrogen-bond acceptors (Lipinski definition) is 4. The first-order chi connectivity index (χ1) is 10.1. The molecule has 0 fully saturated rings. The lowest BCUT2D eigenvalue weighted by Gasteiger charge is -2.09. The van der Waals surface area contributed by atoms with Crippen molar-refractivity contribution in [3.05, 3.63) is 40.9 Å². The Bertz CT molecular complexity index is 593. The fourth-order valence-corrected chi connectivity index (χ4v) is 2.69. The van der Waals surface area contributed by atoms with Crippen LogP contribution in [0.4, 0.5) is 0 Å². The van der Waals surface area contributed by atoms with Crippen LogP contribution in [0.3, 0.4) is 0 Å². The molecule has 112 valence electrons. The zero-order valence-corrected chi connectivity index (χ0v) is 13.1. The first-order valence-corrected chi connectivity index (χ1v) is 7.89. The van der Waals surface area contributed by atoms with Crippen LogP contribution in [0.15, 0.2) is 29.6 Å². The molecule has 1 aromatic heterocycles. The van der Waals surface area contributed by atoms with Gasteiger partial charge in [-0.2, -0.15) is 0 Å². The molecule has 0 aliphatic rings. The van der Waals surface area contributed by atoms with Gasteiger partial charge in [-0.25, -0.2) is 4.98 Å². The molecule has 0 bridgehead atoms. The van der Waals surface area contributed by atoms with Gasteiger partial charge in [0.1, 0.15) is 10.7 Å². The quantitative estimate of drug-likeness (QED) is 0.862. The van der Waals surface area contributed by atoms with Crippen LogP contribution in [0.5, 0.6) is 0 Å². The molecule has 0 saturated carbocycles. The fourth-order valence-electron chi connectivity index (χ4n) is 1.89. The van der Waals surface area contributed by atoms with Crippen molar-refractivity contribution >= 4 is 17.2 Å². The van der Waals surface area contributed by atoms with Gasteiger partial charge < -0.3 is 10.4 Å². The summed E-state index contributed by atoms with van der Waals surface area (Å²) >= 11 is 1.47. The molecule has 5 heteroatoms. The molecule has 1 amide bonds. The van der Waals surface area contributed by atoms with Crippen molar-refractivity contribution in [1.82, 2.24) is 10.3 Å². The summed E-state index contributed by atoms with van der Waals surface area (Å²) in [4.78, 5) is 16.4. The summed E-state index contributed by atoms with van der Waals surface area (Å²) in [6, 6.07) is 8.10. The summed E-state index contributed by atoms with van der Waals surface area (Å²) in [5.41, 5.74) is 2.68. The molecule has 21 heavy (non-hydrogen) atoms. The highest BCUT2D eigenvalue weighted by atomic mass is 32.1. The number of aliphatic hydroxyl groups excluding tert-OH is 1. The summed E-state index contributed by atoms with van der Waals surface area (Å²) in [6.07, 6.45) is 0.686. The lowest BCUT2D eigenvalue weighted by molar-refractivity contribution is 0.0941. The molecule has 0 spiro atoms. The summed E-state index contributed by atoms with van der Waals surface area (Å²) in [6.45, 7) is 4.73. The van der Waals surface area contributed by atoms with Crippen LogP contribution in [0.2, 0.25) is 0 Å². The molecule has 0 aliphatic carbocycles. The zero-order valence-electron chi connectivity index (χ0n) is 12.3. The maximum Gasteiger partial charge on any atom is 0.270 e. The normalized spacial score (nSPS) is 12.1. The lowest BCUT2D eigenvalue weighted by atomic mass is 10.1. The average Bonchev–Trinajstić information content (AvgIpc) is 2.96. The van der Waals surface area contributed by atoms with Crippen molar-refractivity contribution in [2.45, 2.75) is 20.3 Å². The summed E-state index contributed by atoms with van der Waals surface area (Å²) in [7, 11) is 0. The van der Waals surface area contributed by atoms with Gasteiger partial charge in [-0.05, 0) is 19.3 Å². The third kappa shape index (κ3) is 4.37. The van der Waals surface area contributed by atoms with E-state index in [0.717, 1.165) is 10.6 Å². The molecule has 0 saturated heterocycles. The molecule has 0 aliphatic heterocycles. The molecule has 2 N–H and O–H groups in total. The molecular weight excluding hydrogens is 284 g/mol. The van der Waals surface area contributed by atoms with Gasteiger partial charge in [0.15, 0.2) is 0 Å². The Hall–Kier alpha value is -1.72. The topological polar surface area (TPSA) is 62.2 Å². The fraction of sp³-hybridized carbons (Fsp3) is 0.375. The van der Waals surface area contributed by atoms with Crippen molar-refractivity contribution in [1.29, 1.82) is 0 Å². The summed E-state index contributed by atoms with van der Waals surface area (Å²) in [5, 5.41) is 14.3. The van der Waals surface area contributed by atoms with E-state index in [9.17, 15) is 4.79 Å². The van der Waals surface area contributed by atoms with E-state index in [4.69, 9.17) is 5.11 Å². The predicted octanol–water partition coefficient (Wildman–Crippen LogP) is 2.87. The van der Waals surface area contributed by atoms with Crippen molar-refractivity contribution in [3.63, 3.8) is 0 Å². The van der Waals surface area contributed by atoms with Crippen molar-refractivity contribution in [2.24, 2.45) is 5.92 Å².